The Balaban J connectivity index is 1.55. The number of hydrogen-bond acceptors (Lipinski definition) is 4. The Morgan fingerprint density at radius 2 is 1.75 bits per heavy atom. The predicted molar refractivity (Wildman–Crippen MR) is 110 cm³/mol. The third-order valence-corrected chi connectivity index (χ3v) is 5.22. The van der Waals surface area contributed by atoms with Crippen LogP contribution in [-0.4, -0.2) is 24.1 Å². The van der Waals surface area contributed by atoms with Crippen molar-refractivity contribution < 1.29 is 14.3 Å². The number of nitrogens with zero attached hydrogens (tertiary/aromatic N) is 1. The average molecular weight is 439 g/mol. The molecule has 2 heterocycles. The van der Waals surface area contributed by atoms with Gasteiger partial charge in [0.2, 0.25) is 5.91 Å². The standard InChI is InChI=1S/C22H19BrN2O3/c23-17-14-20-19(27-10-11-28-20)12-16(17)13-21(26)25-22(15-6-2-1-3-7-15)18-8-4-5-9-24-18/h1-9,12,14,22H,10-11,13H2,(H,25,26). The van der Waals surface area contributed by atoms with Crippen molar-refractivity contribution in [3.05, 3.63) is 88.2 Å². The van der Waals surface area contributed by atoms with E-state index in [0.717, 1.165) is 21.3 Å². The number of fused-ring (bicyclic) bond motifs is 1. The van der Waals surface area contributed by atoms with Crippen molar-refractivity contribution in [1.82, 2.24) is 10.3 Å². The summed E-state index contributed by atoms with van der Waals surface area (Å²) in [5.74, 6) is 1.26. The van der Waals surface area contributed by atoms with Crippen LogP contribution in [0.2, 0.25) is 0 Å². The molecule has 0 radical (unpaired) electrons. The second-order valence-corrected chi connectivity index (χ2v) is 7.28. The van der Waals surface area contributed by atoms with Crippen LogP contribution in [0.4, 0.5) is 0 Å². The molecule has 1 unspecified atom stereocenters. The van der Waals surface area contributed by atoms with E-state index in [1.165, 1.54) is 0 Å². The van der Waals surface area contributed by atoms with E-state index >= 15 is 0 Å². The maximum Gasteiger partial charge on any atom is 0.225 e. The molecule has 1 N–H and O–H groups in total. The summed E-state index contributed by atoms with van der Waals surface area (Å²) < 4.78 is 12.0. The second-order valence-electron chi connectivity index (χ2n) is 6.43. The van der Waals surface area contributed by atoms with E-state index in [-0.39, 0.29) is 18.4 Å². The normalized spacial score (nSPS) is 13.6. The van der Waals surface area contributed by atoms with Crippen LogP contribution < -0.4 is 14.8 Å². The third-order valence-electron chi connectivity index (χ3n) is 4.48. The number of aromatic nitrogens is 1. The first-order valence-electron chi connectivity index (χ1n) is 9.04. The SMILES string of the molecule is O=C(Cc1cc2c(cc1Br)OCCO2)NC(c1ccccc1)c1ccccn1. The fourth-order valence-corrected chi connectivity index (χ4v) is 3.61. The number of carbonyl (C=O) groups excluding carboxylic acids is 1. The maximum atomic E-state index is 12.9. The molecule has 2 aromatic carbocycles. The first-order chi connectivity index (χ1) is 13.7. The summed E-state index contributed by atoms with van der Waals surface area (Å²) in [5, 5.41) is 3.11. The highest BCUT2D eigenvalue weighted by atomic mass is 79.9. The lowest BCUT2D eigenvalue weighted by Crippen LogP contribution is -2.31. The van der Waals surface area contributed by atoms with Crippen LogP contribution >= 0.6 is 15.9 Å². The summed E-state index contributed by atoms with van der Waals surface area (Å²) >= 11 is 3.53. The minimum absolute atomic E-state index is 0.100. The van der Waals surface area contributed by atoms with Gasteiger partial charge in [0.1, 0.15) is 13.2 Å². The Kier molecular flexibility index (Phi) is 5.58. The number of pyridine rings is 1. The predicted octanol–water partition coefficient (Wildman–Crippen LogP) is 4.06. The van der Waals surface area contributed by atoms with Gasteiger partial charge in [0, 0.05) is 10.7 Å². The highest BCUT2D eigenvalue weighted by molar-refractivity contribution is 9.10. The molecule has 1 atom stereocenters. The summed E-state index contributed by atoms with van der Waals surface area (Å²) in [5.41, 5.74) is 2.62. The van der Waals surface area contributed by atoms with Crippen molar-refractivity contribution in [3.63, 3.8) is 0 Å². The van der Waals surface area contributed by atoms with Crippen LogP contribution in [0.15, 0.2) is 71.3 Å². The van der Waals surface area contributed by atoms with Gasteiger partial charge in [-0.25, -0.2) is 0 Å². The number of halogens is 1. The van der Waals surface area contributed by atoms with Crippen molar-refractivity contribution in [3.8, 4) is 11.5 Å². The van der Waals surface area contributed by atoms with E-state index in [0.29, 0.717) is 24.7 Å². The van der Waals surface area contributed by atoms with E-state index in [1.807, 2.05) is 60.7 Å². The molecule has 142 valence electrons. The summed E-state index contributed by atoms with van der Waals surface area (Å²) in [6.07, 6.45) is 1.95. The average Bonchev–Trinajstić information content (AvgIpc) is 2.74. The van der Waals surface area contributed by atoms with Crippen LogP contribution in [0, 0.1) is 0 Å². The van der Waals surface area contributed by atoms with Gasteiger partial charge in [-0.3, -0.25) is 9.78 Å². The largest absolute Gasteiger partial charge is 0.486 e. The monoisotopic (exact) mass is 438 g/mol. The molecule has 5 nitrogen and oxygen atoms in total. The van der Waals surface area contributed by atoms with Crippen LogP contribution in [0.5, 0.6) is 11.5 Å². The van der Waals surface area contributed by atoms with Crippen LogP contribution in [0.3, 0.4) is 0 Å². The first-order valence-corrected chi connectivity index (χ1v) is 9.83. The Labute approximate surface area is 171 Å². The Morgan fingerprint density at radius 3 is 2.46 bits per heavy atom. The molecule has 1 aromatic heterocycles. The molecule has 0 saturated heterocycles. The van der Waals surface area contributed by atoms with Crippen molar-refractivity contribution in [2.24, 2.45) is 0 Å². The summed E-state index contributed by atoms with van der Waals surface area (Å²) in [7, 11) is 0. The Morgan fingerprint density at radius 1 is 1.04 bits per heavy atom. The van der Waals surface area contributed by atoms with E-state index in [2.05, 4.69) is 26.2 Å². The Bertz CT molecular complexity index is 925. The van der Waals surface area contributed by atoms with Crippen molar-refractivity contribution in [1.29, 1.82) is 0 Å². The van der Waals surface area contributed by atoms with E-state index in [9.17, 15) is 4.79 Å². The summed E-state index contributed by atoms with van der Waals surface area (Å²) in [6.45, 7) is 1.04. The van der Waals surface area contributed by atoms with Crippen LogP contribution in [0.25, 0.3) is 0 Å². The molecule has 6 heteroatoms. The molecule has 0 bridgehead atoms. The molecule has 1 amide bonds. The van der Waals surface area contributed by atoms with Crippen LogP contribution in [0.1, 0.15) is 22.9 Å². The second kappa shape index (κ2) is 8.44. The summed E-state index contributed by atoms with van der Waals surface area (Å²) in [6, 6.07) is 18.9. The molecule has 0 saturated carbocycles. The number of ether oxygens (including phenoxy) is 2. The molecule has 0 spiro atoms. The highest BCUT2D eigenvalue weighted by Gasteiger charge is 2.20. The molecule has 3 aromatic rings. The molecule has 28 heavy (non-hydrogen) atoms. The number of benzene rings is 2. The number of nitrogens with one attached hydrogen (secondary N) is 1. The summed E-state index contributed by atoms with van der Waals surface area (Å²) in [4.78, 5) is 17.3. The van der Waals surface area contributed by atoms with E-state index in [4.69, 9.17) is 9.47 Å². The quantitative estimate of drug-likeness (QED) is 0.652. The lowest BCUT2D eigenvalue weighted by Gasteiger charge is -2.21. The smallest absolute Gasteiger partial charge is 0.225 e. The van der Waals surface area contributed by atoms with Crippen molar-refractivity contribution in [2.75, 3.05) is 13.2 Å². The topological polar surface area (TPSA) is 60.5 Å². The zero-order chi connectivity index (χ0) is 19.3. The van der Waals surface area contributed by atoms with Gasteiger partial charge in [-0.2, -0.15) is 0 Å². The number of rotatable bonds is 5. The lowest BCUT2D eigenvalue weighted by molar-refractivity contribution is -0.121. The lowest BCUT2D eigenvalue weighted by atomic mass is 10.0. The highest BCUT2D eigenvalue weighted by Crippen LogP contribution is 2.35. The van der Waals surface area contributed by atoms with E-state index < -0.39 is 0 Å². The number of hydrogen-bond donors (Lipinski definition) is 1. The zero-order valence-corrected chi connectivity index (χ0v) is 16.7. The minimum atomic E-state index is -0.314. The van der Waals surface area contributed by atoms with Gasteiger partial charge in [0.15, 0.2) is 11.5 Å². The van der Waals surface area contributed by atoms with Crippen LogP contribution in [-0.2, 0) is 11.2 Å². The van der Waals surface area contributed by atoms with Gasteiger partial charge in [0.05, 0.1) is 18.2 Å². The minimum Gasteiger partial charge on any atom is -0.486 e. The molecular formula is C22H19BrN2O3. The van der Waals surface area contributed by atoms with Gasteiger partial charge in [0.25, 0.3) is 0 Å². The molecule has 1 aliphatic heterocycles. The molecular weight excluding hydrogens is 420 g/mol. The number of amides is 1. The van der Waals surface area contributed by atoms with Gasteiger partial charge in [-0.1, -0.05) is 52.3 Å². The van der Waals surface area contributed by atoms with Gasteiger partial charge in [-0.05, 0) is 35.4 Å². The maximum absolute atomic E-state index is 12.9. The first kappa shape index (κ1) is 18.5. The van der Waals surface area contributed by atoms with Gasteiger partial charge < -0.3 is 14.8 Å². The zero-order valence-electron chi connectivity index (χ0n) is 15.1. The van der Waals surface area contributed by atoms with Crippen molar-refractivity contribution >= 4 is 21.8 Å². The fourth-order valence-electron chi connectivity index (χ4n) is 3.15. The molecule has 0 aliphatic carbocycles. The number of carbonyl (C=O) groups is 1. The van der Waals surface area contributed by atoms with Gasteiger partial charge >= 0.3 is 0 Å². The van der Waals surface area contributed by atoms with Crippen molar-refractivity contribution in [2.45, 2.75) is 12.5 Å². The molecule has 0 fully saturated rings. The molecule has 4 rings (SSSR count). The Hall–Kier alpha value is -2.86. The fraction of sp³-hybridized carbons (Fsp3) is 0.182. The van der Waals surface area contributed by atoms with E-state index in [1.54, 1.807) is 6.20 Å². The third kappa shape index (κ3) is 4.17. The van der Waals surface area contributed by atoms with Gasteiger partial charge in [-0.15, -0.1) is 0 Å². The molecule has 1 aliphatic rings.